The summed E-state index contributed by atoms with van der Waals surface area (Å²) in [6, 6.07) is 14.9. The molecular weight excluding hydrogens is 444 g/mol. The van der Waals surface area contributed by atoms with Gasteiger partial charge in [-0.05, 0) is 29.8 Å². The van der Waals surface area contributed by atoms with E-state index in [0.717, 1.165) is 21.3 Å². The van der Waals surface area contributed by atoms with E-state index in [1.807, 2.05) is 29.6 Å². The van der Waals surface area contributed by atoms with Crippen molar-refractivity contribution >= 4 is 44.3 Å². The number of esters is 1. The number of hydrogen-bond donors (Lipinski definition) is 1. The van der Waals surface area contributed by atoms with E-state index in [0.29, 0.717) is 10.9 Å². The number of nitrogens with one attached hydrogen (secondary N) is 1. The lowest BCUT2D eigenvalue weighted by molar-refractivity contribution is -0.146. The van der Waals surface area contributed by atoms with Gasteiger partial charge in [-0.25, -0.2) is 4.98 Å². The van der Waals surface area contributed by atoms with E-state index < -0.39 is 11.9 Å². The third kappa shape index (κ3) is 5.64. The van der Waals surface area contributed by atoms with Crippen LogP contribution in [0.4, 0.5) is 5.13 Å². The molecule has 2 aromatic carbocycles. The van der Waals surface area contributed by atoms with E-state index in [2.05, 4.69) is 26.2 Å². The number of nitrogens with zero attached hydrogens (tertiary/aromatic N) is 1. The molecule has 0 saturated carbocycles. The van der Waals surface area contributed by atoms with Crippen LogP contribution in [0.5, 0.6) is 5.75 Å². The molecule has 0 atom stereocenters. The molecule has 3 aromatic rings. The first-order valence-corrected chi connectivity index (χ1v) is 10.0. The number of rotatable bonds is 7. The van der Waals surface area contributed by atoms with Gasteiger partial charge >= 0.3 is 5.97 Å². The first kappa shape index (κ1) is 20.0. The molecule has 1 heterocycles. The van der Waals surface area contributed by atoms with Crippen molar-refractivity contribution in [3.63, 3.8) is 0 Å². The Balaban J connectivity index is 1.50. The van der Waals surface area contributed by atoms with E-state index >= 15 is 0 Å². The third-order valence-electron chi connectivity index (χ3n) is 3.72. The second kappa shape index (κ2) is 9.48. The average Bonchev–Trinajstić information content (AvgIpc) is 3.15. The topological polar surface area (TPSA) is 77.5 Å². The molecule has 0 bridgehead atoms. The molecule has 1 amide bonds. The highest BCUT2D eigenvalue weighted by Gasteiger charge is 2.12. The van der Waals surface area contributed by atoms with Crippen molar-refractivity contribution in [3.8, 4) is 17.0 Å². The summed E-state index contributed by atoms with van der Waals surface area (Å²) in [6.07, 6.45) is 0.0643. The number of aromatic nitrogens is 1. The van der Waals surface area contributed by atoms with Crippen molar-refractivity contribution in [1.82, 2.24) is 4.98 Å². The quantitative estimate of drug-likeness (QED) is 0.531. The molecule has 0 aliphatic rings. The smallest absolute Gasteiger partial charge is 0.310 e. The first-order valence-electron chi connectivity index (χ1n) is 8.33. The molecule has 0 fully saturated rings. The van der Waals surface area contributed by atoms with Crippen LogP contribution in [0.25, 0.3) is 11.3 Å². The summed E-state index contributed by atoms with van der Waals surface area (Å²) >= 11 is 4.73. The molecule has 8 heteroatoms. The highest BCUT2D eigenvalue weighted by atomic mass is 79.9. The number of methoxy groups -OCH3 is 1. The summed E-state index contributed by atoms with van der Waals surface area (Å²) in [7, 11) is 1.56. The normalized spacial score (nSPS) is 10.4. The summed E-state index contributed by atoms with van der Waals surface area (Å²) in [4.78, 5) is 28.3. The first-order chi connectivity index (χ1) is 13.5. The van der Waals surface area contributed by atoms with E-state index in [-0.39, 0.29) is 13.0 Å². The van der Waals surface area contributed by atoms with Gasteiger partial charge in [0.1, 0.15) is 5.75 Å². The van der Waals surface area contributed by atoms with Crippen LogP contribution in [0.3, 0.4) is 0 Å². The number of halogens is 1. The Morgan fingerprint density at radius 1 is 1.18 bits per heavy atom. The third-order valence-corrected chi connectivity index (χ3v) is 4.97. The molecule has 0 spiro atoms. The number of ether oxygens (including phenoxy) is 2. The molecule has 1 aromatic heterocycles. The Bertz CT molecular complexity index is 990. The van der Waals surface area contributed by atoms with Crippen LogP contribution >= 0.6 is 27.3 Å². The zero-order chi connectivity index (χ0) is 19.9. The maximum atomic E-state index is 12.0. The number of benzene rings is 2. The van der Waals surface area contributed by atoms with Crippen LogP contribution in [-0.4, -0.2) is 30.6 Å². The van der Waals surface area contributed by atoms with Crippen LogP contribution in [0.1, 0.15) is 5.56 Å². The van der Waals surface area contributed by atoms with Crippen molar-refractivity contribution in [1.29, 1.82) is 0 Å². The molecule has 0 aliphatic heterocycles. The lowest BCUT2D eigenvalue weighted by atomic mass is 10.1. The van der Waals surface area contributed by atoms with Crippen molar-refractivity contribution in [2.45, 2.75) is 6.42 Å². The van der Waals surface area contributed by atoms with Gasteiger partial charge in [-0.2, -0.15) is 0 Å². The Labute approximate surface area is 174 Å². The number of carbonyl (C=O) groups excluding carboxylic acids is 2. The van der Waals surface area contributed by atoms with Gasteiger partial charge in [0, 0.05) is 15.4 Å². The van der Waals surface area contributed by atoms with Crippen molar-refractivity contribution in [2.75, 3.05) is 19.0 Å². The summed E-state index contributed by atoms with van der Waals surface area (Å²) in [5, 5.41) is 4.95. The minimum Gasteiger partial charge on any atom is -0.497 e. The standard InChI is InChI=1S/C20H17BrN2O4S/c1-26-16-7-2-4-13(8-16)9-19(25)27-11-18(24)23-20-22-17(12-28-20)14-5-3-6-15(21)10-14/h2-8,10,12H,9,11H2,1H3,(H,22,23,24). The zero-order valence-corrected chi connectivity index (χ0v) is 17.4. The van der Waals surface area contributed by atoms with Crippen molar-refractivity contribution < 1.29 is 19.1 Å². The Hall–Kier alpha value is -2.71. The summed E-state index contributed by atoms with van der Waals surface area (Å²) < 4.78 is 11.1. The number of hydrogen-bond acceptors (Lipinski definition) is 6. The van der Waals surface area contributed by atoms with Gasteiger partial charge in [-0.3, -0.25) is 14.9 Å². The Morgan fingerprint density at radius 2 is 2.00 bits per heavy atom. The van der Waals surface area contributed by atoms with E-state index in [1.165, 1.54) is 11.3 Å². The lowest BCUT2D eigenvalue weighted by Crippen LogP contribution is -2.21. The number of amides is 1. The predicted molar refractivity (Wildman–Crippen MR) is 112 cm³/mol. The molecule has 1 N–H and O–H groups in total. The number of anilines is 1. The SMILES string of the molecule is COc1cccc(CC(=O)OCC(=O)Nc2nc(-c3cccc(Br)c3)cs2)c1. The van der Waals surface area contributed by atoms with E-state index in [9.17, 15) is 9.59 Å². The molecular formula is C20H17BrN2O4S. The highest BCUT2D eigenvalue weighted by Crippen LogP contribution is 2.26. The fourth-order valence-corrected chi connectivity index (χ4v) is 3.55. The number of thiazole rings is 1. The molecule has 0 unspecified atom stereocenters. The second-order valence-corrected chi connectivity index (χ2v) is 7.56. The van der Waals surface area contributed by atoms with Gasteiger partial charge in [-0.15, -0.1) is 11.3 Å². The van der Waals surface area contributed by atoms with E-state index in [4.69, 9.17) is 9.47 Å². The van der Waals surface area contributed by atoms with Crippen LogP contribution in [0.15, 0.2) is 58.4 Å². The number of carbonyl (C=O) groups is 2. The van der Waals surface area contributed by atoms with Gasteiger partial charge in [0.05, 0.1) is 19.2 Å². The van der Waals surface area contributed by atoms with Gasteiger partial charge in [0.2, 0.25) is 0 Å². The molecule has 0 radical (unpaired) electrons. The maximum Gasteiger partial charge on any atom is 0.310 e. The lowest BCUT2D eigenvalue weighted by Gasteiger charge is -2.06. The highest BCUT2D eigenvalue weighted by molar-refractivity contribution is 9.10. The largest absolute Gasteiger partial charge is 0.497 e. The molecule has 144 valence electrons. The summed E-state index contributed by atoms with van der Waals surface area (Å²) in [6.45, 7) is -0.366. The molecule has 6 nitrogen and oxygen atoms in total. The van der Waals surface area contributed by atoms with Gasteiger partial charge in [-0.1, -0.05) is 40.2 Å². The summed E-state index contributed by atoms with van der Waals surface area (Å²) in [5.41, 5.74) is 2.45. The second-order valence-electron chi connectivity index (χ2n) is 5.79. The minimum atomic E-state index is -0.489. The Kier molecular flexibility index (Phi) is 6.78. The molecule has 0 saturated heterocycles. The fourth-order valence-electron chi connectivity index (χ4n) is 2.41. The molecule has 3 rings (SSSR count). The van der Waals surface area contributed by atoms with Gasteiger partial charge < -0.3 is 9.47 Å². The zero-order valence-electron chi connectivity index (χ0n) is 15.0. The van der Waals surface area contributed by atoms with E-state index in [1.54, 1.807) is 31.4 Å². The van der Waals surface area contributed by atoms with Gasteiger partial charge in [0.25, 0.3) is 5.91 Å². The van der Waals surface area contributed by atoms with Crippen LogP contribution in [0.2, 0.25) is 0 Å². The monoisotopic (exact) mass is 460 g/mol. The average molecular weight is 461 g/mol. The Morgan fingerprint density at radius 3 is 2.79 bits per heavy atom. The summed E-state index contributed by atoms with van der Waals surface area (Å²) in [5.74, 6) is -0.264. The predicted octanol–water partition coefficient (Wildman–Crippen LogP) is 4.31. The van der Waals surface area contributed by atoms with Crippen LogP contribution in [-0.2, 0) is 20.7 Å². The van der Waals surface area contributed by atoms with Gasteiger partial charge in [0.15, 0.2) is 11.7 Å². The maximum absolute atomic E-state index is 12.0. The van der Waals surface area contributed by atoms with Crippen molar-refractivity contribution in [2.24, 2.45) is 0 Å². The molecule has 28 heavy (non-hydrogen) atoms. The van der Waals surface area contributed by atoms with Crippen LogP contribution in [0, 0.1) is 0 Å². The molecule has 0 aliphatic carbocycles. The fraction of sp³-hybridized carbons (Fsp3) is 0.150. The van der Waals surface area contributed by atoms with Crippen LogP contribution < -0.4 is 10.1 Å². The van der Waals surface area contributed by atoms with Crippen molar-refractivity contribution in [3.05, 3.63) is 63.9 Å². The minimum absolute atomic E-state index is 0.0643.